The van der Waals surface area contributed by atoms with Crippen molar-refractivity contribution >= 4 is 12.2 Å². The summed E-state index contributed by atoms with van der Waals surface area (Å²) in [6.07, 6.45) is 7.04. The van der Waals surface area contributed by atoms with Gasteiger partial charge in [0.2, 0.25) is 0 Å². The molecule has 0 atom stereocenters. The van der Waals surface area contributed by atoms with Crippen LogP contribution in [0.1, 0.15) is 38.6 Å². The van der Waals surface area contributed by atoms with Gasteiger partial charge in [-0.25, -0.2) is 4.68 Å². The second-order valence-electron chi connectivity index (χ2n) is 5.49. The third-order valence-electron chi connectivity index (χ3n) is 3.91. The Kier molecular flexibility index (Phi) is 3.04. The van der Waals surface area contributed by atoms with Gasteiger partial charge in [0.1, 0.15) is 6.33 Å². The summed E-state index contributed by atoms with van der Waals surface area (Å²) >= 11 is 5.47. The van der Waals surface area contributed by atoms with E-state index in [0.717, 1.165) is 17.4 Å². The van der Waals surface area contributed by atoms with Crippen LogP contribution < -0.4 is 0 Å². The van der Waals surface area contributed by atoms with Crippen molar-refractivity contribution in [1.29, 1.82) is 0 Å². The Morgan fingerprint density at radius 3 is 2.65 bits per heavy atom. The quantitative estimate of drug-likeness (QED) is 0.773. The molecule has 5 heteroatoms. The second kappa shape index (κ2) is 4.53. The highest BCUT2D eigenvalue weighted by Gasteiger charge is 2.25. The van der Waals surface area contributed by atoms with Gasteiger partial charge >= 0.3 is 0 Å². The molecule has 1 saturated heterocycles. The lowest BCUT2D eigenvalue weighted by Gasteiger charge is -2.29. The maximum Gasteiger partial charge on any atom is 0.199 e. The van der Waals surface area contributed by atoms with Gasteiger partial charge in [-0.3, -0.25) is 4.90 Å². The lowest BCUT2D eigenvalue weighted by molar-refractivity contribution is 0.145. The summed E-state index contributed by atoms with van der Waals surface area (Å²) in [5.74, 6) is 0.878. The van der Waals surface area contributed by atoms with Crippen molar-refractivity contribution in [3.8, 4) is 0 Å². The zero-order valence-corrected chi connectivity index (χ0v) is 11.2. The largest absolute Gasteiger partial charge is 0.303 e. The van der Waals surface area contributed by atoms with E-state index in [2.05, 4.69) is 21.5 Å². The molecule has 1 aliphatic heterocycles. The van der Waals surface area contributed by atoms with Gasteiger partial charge in [-0.1, -0.05) is 6.92 Å². The molecule has 0 bridgehead atoms. The molecule has 1 saturated carbocycles. The van der Waals surface area contributed by atoms with E-state index in [1.165, 1.54) is 38.8 Å². The summed E-state index contributed by atoms with van der Waals surface area (Å²) in [4.78, 5) is 2.46. The number of rotatable bonds is 3. The van der Waals surface area contributed by atoms with E-state index in [4.69, 9.17) is 12.2 Å². The Labute approximate surface area is 107 Å². The van der Waals surface area contributed by atoms with Crippen LogP contribution >= 0.6 is 12.2 Å². The van der Waals surface area contributed by atoms with E-state index in [1.54, 1.807) is 0 Å². The molecule has 0 N–H and O–H groups in total. The van der Waals surface area contributed by atoms with Gasteiger partial charge in [0.15, 0.2) is 4.77 Å². The lowest BCUT2D eigenvalue weighted by Crippen LogP contribution is -2.34. The summed E-state index contributed by atoms with van der Waals surface area (Å²) in [5, 5.41) is 4.42. The number of piperidine rings is 1. The Morgan fingerprint density at radius 2 is 2.00 bits per heavy atom. The van der Waals surface area contributed by atoms with Crippen molar-refractivity contribution in [3.63, 3.8) is 0 Å². The summed E-state index contributed by atoms with van der Waals surface area (Å²) < 4.78 is 5.03. The van der Waals surface area contributed by atoms with Crippen LogP contribution in [0.3, 0.4) is 0 Å². The minimum atomic E-state index is 0.637. The number of likely N-dealkylation sites (tertiary alicyclic amines) is 1. The fraction of sp³-hybridized carbons (Fsp3) is 0.833. The van der Waals surface area contributed by atoms with E-state index >= 15 is 0 Å². The minimum Gasteiger partial charge on any atom is -0.303 e. The van der Waals surface area contributed by atoms with Crippen LogP contribution in [-0.4, -0.2) is 32.3 Å². The first-order valence-electron chi connectivity index (χ1n) is 6.60. The van der Waals surface area contributed by atoms with Crippen molar-refractivity contribution in [2.75, 3.05) is 13.1 Å². The van der Waals surface area contributed by atoms with Gasteiger partial charge in [-0.15, -0.1) is 0 Å². The molecular formula is C12H20N4S. The highest BCUT2D eigenvalue weighted by atomic mass is 32.1. The second-order valence-corrected chi connectivity index (χ2v) is 5.86. The predicted octanol–water partition coefficient (Wildman–Crippen LogP) is 2.44. The van der Waals surface area contributed by atoms with E-state index in [9.17, 15) is 0 Å². The first-order chi connectivity index (χ1) is 8.24. The molecule has 0 unspecified atom stereocenters. The average Bonchev–Trinajstić information content (AvgIpc) is 3.10. The smallest absolute Gasteiger partial charge is 0.199 e. The van der Waals surface area contributed by atoms with Crippen LogP contribution in [0.2, 0.25) is 0 Å². The number of aromatic nitrogens is 3. The van der Waals surface area contributed by atoms with E-state index in [1.807, 2.05) is 11.0 Å². The third-order valence-corrected chi connectivity index (χ3v) is 4.33. The van der Waals surface area contributed by atoms with Crippen LogP contribution in [-0.2, 0) is 6.67 Å². The molecule has 2 heterocycles. The van der Waals surface area contributed by atoms with Crippen LogP contribution in [0.25, 0.3) is 0 Å². The van der Waals surface area contributed by atoms with Crippen LogP contribution in [0, 0.1) is 10.7 Å². The Hall–Kier alpha value is -0.680. The lowest BCUT2D eigenvalue weighted by atomic mass is 10.00. The topological polar surface area (TPSA) is 26.0 Å². The van der Waals surface area contributed by atoms with Crippen molar-refractivity contribution in [1.82, 2.24) is 19.2 Å². The molecule has 94 valence electrons. The molecule has 0 aromatic carbocycles. The first kappa shape index (κ1) is 11.4. The zero-order chi connectivity index (χ0) is 11.8. The molecule has 17 heavy (non-hydrogen) atoms. The van der Waals surface area contributed by atoms with Crippen LogP contribution in [0.4, 0.5) is 0 Å². The molecule has 1 aliphatic carbocycles. The average molecular weight is 252 g/mol. The predicted molar refractivity (Wildman–Crippen MR) is 69.3 cm³/mol. The normalized spacial score (nSPS) is 23.1. The Bertz CT molecular complexity index is 438. The van der Waals surface area contributed by atoms with Gasteiger partial charge in [0.25, 0.3) is 0 Å². The fourth-order valence-corrected chi connectivity index (χ4v) is 2.74. The van der Waals surface area contributed by atoms with Crippen molar-refractivity contribution < 1.29 is 0 Å². The first-order valence-corrected chi connectivity index (χ1v) is 7.01. The summed E-state index contributed by atoms with van der Waals surface area (Å²) in [6, 6.07) is 0.637. The van der Waals surface area contributed by atoms with Crippen molar-refractivity contribution in [2.45, 2.75) is 45.3 Å². The molecule has 1 aromatic heterocycles. The Balaban J connectivity index is 1.66. The van der Waals surface area contributed by atoms with Gasteiger partial charge < -0.3 is 4.57 Å². The molecule has 4 nitrogen and oxygen atoms in total. The standard InChI is InChI=1S/C12H20N4S/c1-10-4-6-14(7-5-10)9-16-12(17)15(8-13-16)11-2-3-11/h8,10-11H,2-7,9H2,1H3. The minimum absolute atomic E-state index is 0.637. The fourth-order valence-electron chi connectivity index (χ4n) is 2.44. The van der Waals surface area contributed by atoms with E-state index in [0.29, 0.717) is 6.04 Å². The molecule has 2 fully saturated rings. The van der Waals surface area contributed by atoms with Gasteiger partial charge in [0, 0.05) is 19.1 Å². The SMILES string of the molecule is CC1CCN(Cn2ncn(C3CC3)c2=S)CC1. The van der Waals surface area contributed by atoms with Gasteiger partial charge in [0.05, 0.1) is 6.67 Å². The number of hydrogen-bond acceptors (Lipinski definition) is 3. The number of hydrogen-bond donors (Lipinski definition) is 0. The zero-order valence-electron chi connectivity index (χ0n) is 10.4. The highest BCUT2D eigenvalue weighted by Crippen LogP contribution is 2.34. The monoisotopic (exact) mass is 252 g/mol. The molecule has 1 aromatic rings. The maximum absolute atomic E-state index is 5.47. The van der Waals surface area contributed by atoms with Gasteiger partial charge in [-0.2, -0.15) is 5.10 Å². The van der Waals surface area contributed by atoms with Gasteiger partial charge in [-0.05, 0) is 43.8 Å². The Morgan fingerprint density at radius 1 is 1.29 bits per heavy atom. The third kappa shape index (κ3) is 2.45. The van der Waals surface area contributed by atoms with Crippen LogP contribution in [0.15, 0.2) is 6.33 Å². The maximum atomic E-state index is 5.47. The molecule has 3 rings (SSSR count). The molecule has 2 aliphatic rings. The highest BCUT2D eigenvalue weighted by molar-refractivity contribution is 7.71. The molecule has 0 amide bonds. The van der Waals surface area contributed by atoms with Crippen LogP contribution in [0.5, 0.6) is 0 Å². The van der Waals surface area contributed by atoms with E-state index < -0.39 is 0 Å². The van der Waals surface area contributed by atoms with E-state index in [-0.39, 0.29) is 0 Å². The molecule has 0 radical (unpaired) electrons. The van der Waals surface area contributed by atoms with Crippen molar-refractivity contribution in [2.24, 2.45) is 5.92 Å². The summed E-state index contributed by atoms with van der Waals surface area (Å²) in [5.41, 5.74) is 0. The molecular weight excluding hydrogens is 232 g/mol. The number of nitrogens with zero attached hydrogens (tertiary/aromatic N) is 4. The molecule has 0 spiro atoms. The van der Waals surface area contributed by atoms with Crippen molar-refractivity contribution in [3.05, 3.63) is 11.1 Å². The summed E-state index contributed by atoms with van der Waals surface area (Å²) in [6.45, 7) is 5.56. The summed E-state index contributed by atoms with van der Waals surface area (Å²) in [7, 11) is 0.